The van der Waals surface area contributed by atoms with Crippen LogP contribution in [0.25, 0.3) is 0 Å². The van der Waals surface area contributed by atoms with Crippen LogP contribution in [0.5, 0.6) is 17.2 Å². The molecule has 0 radical (unpaired) electrons. The van der Waals surface area contributed by atoms with Gasteiger partial charge in [0, 0.05) is 5.02 Å². The largest absolute Gasteiger partial charge is 0.493 e. The van der Waals surface area contributed by atoms with Gasteiger partial charge in [-0.2, -0.15) is 0 Å². The summed E-state index contributed by atoms with van der Waals surface area (Å²) in [6.07, 6.45) is 0. The fourth-order valence-corrected chi connectivity index (χ4v) is 2.76. The molecule has 0 fully saturated rings. The molecule has 0 saturated heterocycles. The lowest BCUT2D eigenvalue weighted by molar-refractivity contribution is -0.130. The van der Waals surface area contributed by atoms with Crippen LogP contribution in [0.15, 0.2) is 36.4 Å². The first-order valence-electron chi connectivity index (χ1n) is 7.51. The second kappa shape index (κ2) is 7.03. The summed E-state index contributed by atoms with van der Waals surface area (Å²) in [5, 5.41) is 0.399. The molecule has 6 nitrogen and oxygen atoms in total. The quantitative estimate of drug-likeness (QED) is 0.783. The number of carbonyl (C=O) groups is 2. The van der Waals surface area contributed by atoms with Gasteiger partial charge in [-0.3, -0.25) is 14.5 Å². The Morgan fingerprint density at radius 1 is 1.08 bits per heavy atom. The molecular weight excluding hydrogens is 346 g/mol. The number of nitrogens with zero attached hydrogens (tertiary/aromatic N) is 1. The van der Waals surface area contributed by atoms with Gasteiger partial charge in [-0.25, -0.2) is 0 Å². The molecule has 130 valence electrons. The molecule has 25 heavy (non-hydrogen) atoms. The van der Waals surface area contributed by atoms with Crippen LogP contribution in [0.3, 0.4) is 0 Å². The van der Waals surface area contributed by atoms with Crippen molar-refractivity contribution in [2.75, 3.05) is 20.8 Å². The first-order valence-corrected chi connectivity index (χ1v) is 7.89. The Kier molecular flexibility index (Phi) is 4.81. The number of fused-ring (bicyclic) bond motifs is 1. The third-order valence-electron chi connectivity index (χ3n) is 3.86. The number of carbonyl (C=O) groups excluding carboxylic acids is 2. The molecule has 2 aromatic rings. The molecule has 1 heterocycles. The van der Waals surface area contributed by atoms with Crippen LogP contribution in [-0.4, -0.2) is 37.5 Å². The van der Waals surface area contributed by atoms with E-state index in [1.165, 1.54) is 20.3 Å². The summed E-state index contributed by atoms with van der Waals surface area (Å²) in [6.45, 7) is -0.124. The zero-order chi connectivity index (χ0) is 18.0. The Bertz CT molecular complexity index is 836. The van der Waals surface area contributed by atoms with Gasteiger partial charge >= 0.3 is 0 Å². The van der Waals surface area contributed by atoms with Crippen LogP contribution < -0.4 is 14.2 Å². The molecule has 1 aliphatic rings. The van der Waals surface area contributed by atoms with E-state index >= 15 is 0 Å². The number of ether oxygens (including phenoxy) is 3. The highest BCUT2D eigenvalue weighted by Gasteiger charge is 2.30. The zero-order valence-electron chi connectivity index (χ0n) is 13.7. The minimum absolute atomic E-state index is 0.0906. The van der Waals surface area contributed by atoms with Gasteiger partial charge in [0.25, 0.3) is 11.8 Å². The van der Waals surface area contributed by atoms with Gasteiger partial charge in [-0.1, -0.05) is 17.7 Å². The molecule has 0 spiro atoms. The van der Waals surface area contributed by atoms with Crippen molar-refractivity contribution in [3.05, 3.63) is 52.5 Å². The van der Waals surface area contributed by atoms with Crippen LogP contribution in [0.4, 0.5) is 0 Å². The molecule has 0 N–H and O–H groups in total. The second-order valence-electron chi connectivity index (χ2n) is 5.40. The highest BCUT2D eigenvalue weighted by molar-refractivity contribution is 6.31. The van der Waals surface area contributed by atoms with Crippen molar-refractivity contribution >= 4 is 23.4 Å². The van der Waals surface area contributed by atoms with Crippen molar-refractivity contribution in [2.24, 2.45) is 0 Å². The van der Waals surface area contributed by atoms with E-state index in [0.717, 1.165) is 10.5 Å². The first kappa shape index (κ1) is 17.1. The molecule has 0 bridgehead atoms. The molecule has 7 heteroatoms. The van der Waals surface area contributed by atoms with E-state index in [9.17, 15) is 9.59 Å². The van der Waals surface area contributed by atoms with Gasteiger partial charge in [-0.05, 0) is 35.9 Å². The predicted octanol–water partition coefficient (Wildman–Crippen LogP) is 2.92. The summed E-state index contributed by atoms with van der Waals surface area (Å²) in [4.78, 5) is 26.3. The van der Waals surface area contributed by atoms with Crippen molar-refractivity contribution in [1.82, 2.24) is 4.90 Å². The average Bonchev–Trinajstić information content (AvgIpc) is 2.73. The molecular formula is C18H16ClNO5. The number of imide groups is 1. The van der Waals surface area contributed by atoms with Gasteiger partial charge in [-0.15, -0.1) is 0 Å². The Hall–Kier alpha value is -2.73. The average molecular weight is 362 g/mol. The van der Waals surface area contributed by atoms with Crippen LogP contribution in [0.2, 0.25) is 5.02 Å². The smallest absolute Gasteiger partial charge is 0.267 e. The molecule has 3 rings (SSSR count). The minimum atomic E-state index is -0.449. The maximum Gasteiger partial charge on any atom is 0.267 e. The fraction of sp³-hybridized carbons (Fsp3) is 0.222. The summed E-state index contributed by atoms with van der Waals surface area (Å²) >= 11 is 5.97. The summed E-state index contributed by atoms with van der Waals surface area (Å²) in [5.41, 5.74) is 0.989. The van der Waals surface area contributed by atoms with E-state index in [1.54, 1.807) is 30.3 Å². The Morgan fingerprint density at radius 3 is 2.56 bits per heavy atom. The summed E-state index contributed by atoms with van der Waals surface area (Å²) in [5.74, 6) is 0.564. The SMILES string of the molecule is COc1ccc(CN2C(=O)COc3ccc(Cl)cc3C2=O)cc1OC. The predicted molar refractivity (Wildman–Crippen MR) is 91.4 cm³/mol. The van der Waals surface area contributed by atoms with E-state index < -0.39 is 11.8 Å². The summed E-state index contributed by atoms with van der Waals surface area (Å²) < 4.78 is 15.9. The Balaban J connectivity index is 1.93. The summed E-state index contributed by atoms with van der Waals surface area (Å²) in [7, 11) is 3.06. The van der Waals surface area contributed by atoms with E-state index in [0.29, 0.717) is 22.3 Å². The monoisotopic (exact) mass is 361 g/mol. The summed E-state index contributed by atoms with van der Waals surface area (Å²) in [6, 6.07) is 9.92. The zero-order valence-corrected chi connectivity index (χ0v) is 14.5. The van der Waals surface area contributed by atoms with E-state index in [2.05, 4.69) is 0 Å². The topological polar surface area (TPSA) is 65.1 Å². The molecule has 0 unspecified atom stereocenters. The normalized spacial score (nSPS) is 13.8. The Labute approximate surface area is 149 Å². The fourth-order valence-electron chi connectivity index (χ4n) is 2.59. The van der Waals surface area contributed by atoms with Crippen LogP contribution >= 0.6 is 11.6 Å². The number of hydrogen-bond acceptors (Lipinski definition) is 5. The van der Waals surface area contributed by atoms with Crippen LogP contribution in [0.1, 0.15) is 15.9 Å². The van der Waals surface area contributed by atoms with Gasteiger partial charge in [0.15, 0.2) is 18.1 Å². The van der Waals surface area contributed by atoms with E-state index in [-0.39, 0.29) is 18.7 Å². The molecule has 0 aliphatic carbocycles. The second-order valence-corrected chi connectivity index (χ2v) is 5.84. The molecule has 0 saturated carbocycles. The van der Waals surface area contributed by atoms with Gasteiger partial charge < -0.3 is 14.2 Å². The third-order valence-corrected chi connectivity index (χ3v) is 4.09. The van der Waals surface area contributed by atoms with Crippen LogP contribution in [-0.2, 0) is 11.3 Å². The molecule has 0 atom stereocenters. The van der Waals surface area contributed by atoms with Crippen molar-refractivity contribution in [2.45, 2.75) is 6.54 Å². The lowest BCUT2D eigenvalue weighted by Crippen LogP contribution is -2.37. The number of rotatable bonds is 4. The first-order chi connectivity index (χ1) is 12.0. The lowest BCUT2D eigenvalue weighted by atomic mass is 10.1. The molecule has 2 aromatic carbocycles. The molecule has 1 aliphatic heterocycles. The third kappa shape index (κ3) is 3.39. The van der Waals surface area contributed by atoms with Crippen molar-refractivity contribution in [1.29, 1.82) is 0 Å². The maximum atomic E-state index is 12.8. The van der Waals surface area contributed by atoms with Gasteiger partial charge in [0.05, 0.1) is 26.3 Å². The molecule has 0 aromatic heterocycles. The number of hydrogen-bond donors (Lipinski definition) is 0. The highest BCUT2D eigenvalue weighted by atomic mass is 35.5. The van der Waals surface area contributed by atoms with E-state index in [1.807, 2.05) is 0 Å². The Morgan fingerprint density at radius 2 is 1.84 bits per heavy atom. The van der Waals surface area contributed by atoms with Crippen molar-refractivity contribution < 1.29 is 23.8 Å². The number of benzene rings is 2. The van der Waals surface area contributed by atoms with Gasteiger partial charge in [0.2, 0.25) is 0 Å². The minimum Gasteiger partial charge on any atom is -0.493 e. The number of amides is 2. The number of methoxy groups -OCH3 is 2. The highest BCUT2D eigenvalue weighted by Crippen LogP contribution is 2.30. The molecule has 2 amide bonds. The van der Waals surface area contributed by atoms with Gasteiger partial charge in [0.1, 0.15) is 5.75 Å². The lowest BCUT2D eigenvalue weighted by Gasteiger charge is -2.19. The van der Waals surface area contributed by atoms with Crippen LogP contribution in [0, 0.1) is 0 Å². The van der Waals surface area contributed by atoms with Crippen molar-refractivity contribution in [3.63, 3.8) is 0 Å². The standard InChI is InChI=1S/C18H16ClNO5/c1-23-15-5-3-11(7-16(15)24-2)9-20-17(21)10-25-14-6-4-12(19)8-13(14)18(20)22/h3-8H,9-10H2,1-2H3. The maximum absolute atomic E-state index is 12.8. The number of halogens is 1. The van der Waals surface area contributed by atoms with Crippen molar-refractivity contribution in [3.8, 4) is 17.2 Å². The van der Waals surface area contributed by atoms with E-state index in [4.69, 9.17) is 25.8 Å².